The van der Waals surface area contributed by atoms with Crippen LogP contribution in [-0.2, 0) is 4.74 Å². The van der Waals surface area contributed by atoms with Crippen LogP contribution in [0, 0.1) is 11.8 Å². The first kappa shape index (κ1) is 37.2. The maximum absolute atomic E-state index is 14.0. The molecular weight excluding hydrogens is 673 g/mol. The van der Waals surface area contributed by atoms with Crippen molar-refractivity contribution in [3.05, 3.63) is 107 Å². The third-order valence-corrected chi connectivity index (χ3v) is 11.9. The van der Waals surface area contributed by atoms with Crippen molar-refractivity contribution in [1.29, 1.82) is 0 Å². The van der Waals surface area contributed by atoms with Gasteiger partial charge in [-0.05, 0) is 111 Å². The van der Waals surface area contributed by atoms with Crippen molar-refractivity contribution >= 4 is 35.1 Å². The maximum Gasteiger partial charge on any atom is 0.195 e. The Hall–Kier alpha value is -3.52. The largest absolute Gasteiger partial charge is 0.494 e. The van der Waals surface area contributed by atoms with Gasteiger partial charge in [-0.15, -0.1) is 0 Å². The van der Waals surface area contributed by atoms with Crippen LogP contribution in [0.4, 0.5) is 0 Å². The van der Waals surface area contributed by atoms with E-state index in [1.54, 1.807) is 12.1 Å². The second kappa shape index (κ2) is 18.8. The summed E-state index contributed by atoms with van der Waals surface area (Å²) in [5.41, 5.74) is 1.88. The summed E-state index contributed by atoms with van der Waals surface area (Å²) in [6.45, 7) is 7.63. The van der Waals surface area contributed by atoms with Crippen LogP contribution in [-0.4, -0.2) is 38.0 Å². The third kappa shape index (κ3) is 9.88. The van der Waals surface area contributed by atoms with E-state index in [9.17, 15) is 9.59 Å². The summed E-state index contributed by atoms with van der Waals surface area (Å²) in [4.78, 5) is 31.6. The molecule has 4 aromatic rings. The van der Waals surface area contributed by atoms with Crippen LogP contribution in [0.25, 0.3) is 0 Å². The lowest BCUT2D eigenvalue weighted by Crippen LogP contribution is -2.22. The number of ketones is 2. The summed E-state index contributed by atoms with van der Waals surface area (Å²) < 4.78 is 18.0. The standard InChI is InChI=1S/C44H50O5S2/c1-3-5-7-8-28-48-33-19-23-35(24-20-33)50-39-13-9-11-37-41(39)43(45)38-12-10-14-40(42(38)44(37)46)51-36-25-21-34(22-26-36)49-30-32-17-15-31(16-18-32)29-47-27-6-4-2/h9-14,19-26,31-32H,3-8,15-18,27-30H2,1-2H3. The van der Waals surface area contributed by atoms with E-state index in [0.717, 1.165) is 63.7 Å². The normalized spacial score (nSPS) is 16.8. The molecule has 0 N–H and O–H groups in total. The van der Waals surface area contributed by atoms with E-state index >= 15 is 0 Å². The fourth-order valence-corrected chi connectivity index (χ4v) is 8.76. The molecule has 0 aliphatic heterocycles. The molecule has 5 nitrogen and oxygen atoms in total. The highest BCUT2D eigenvalue weighted by Gasteiger charge is 2.34. The van der Waals surface area contributed by atoms with Crippen LogP contribution in [0.3, 0.4) is 0 Å². The highest BCUT2D eigenvalue weighted by Crippen LogP contribution is 2.41. The lowest BCUT2D eigenvalue weighted by molar-refractivity contribution is 0.0700. The molecule has 6 rings (SSSR count). The van der Waals surface area contributed by atoms with Gasteiger partial charge >= 0.3 is 0 Å². The van der Waals surface area contributed by atoms with Crippen molar-refractivity contribution in [2.24, 2.45) is 11.8 Å². The molecule has 268 valence electrons. The maximum atomic E-state index is 14.0. The number of hydrogen-bond acceptors (Lipinski definition) is 7. The van der Waals surface area contributed by atoms with E-state index < -0.39 is 0 Å². The zero-order valence-corrected chi connectivity index (χ0v) is 31.6. The Morgan fingerprint density at radius 2 is 1.06 bits per heavy atom. The minimum atomic E-state index is -0.112. The fraction of sp³-hybridized carbons (Fsp3) is 0.409. The second-order valence-corrected chi connectivity index (χ2v) is 15.9. The SMILES string of the molecule is CCCCCCOc1ccc(Sc2cccc3c2C(=O)c2cccc(Sc4ccc(OCC5CCC(COCCCC)CC5)cc4)c2C3=O)cc1. The van der Waals surface area contributed by atoms with E-state index in [1.807, 2.05) is 72.8 Å². The van der Waals surface area contributed by atoms with Crippen molar-refractivity contribution in [1.82, 2.24) is 0 Å². The molecule has 0 spiro atoms. The van der Waals surface area contributed by atoms with Gasteiger partial charge in [-0.2, -0.15) is 0 Å². The van der Waals surface area contributed by atoms with E-state index in [4.69, 9.17) is 14.2 Å². The highest BCUT2D eigenvalue weighted by atomic mass is 32.2. The monoisotopic (exact) mass is 722 g/mol. The quantitative estimate of drug-likeness (QED) is 0.0834. The number of benzene rings is 4. The van der Waals surface area contributed by atoms with Gasteiger partial charge in [0, 0.05) is 55.0 Å². The Labute approximate surface area is 312 Å². The summed E-state index contributed by atoms with van der Waals surface area (Å²) in [6, 6.07) is 27.2. The van der Waals surface area contributed by atoms with E-state index in [0.29, 0.717) is 40.7 Å². The van der Waals surface area contributed by atoms with Gasteiger partial charge in [-0.25, -0.2) is 0 Å². The molecule has 4 aromatic carbocycles. The Balaban J connectivity index is 1.06. The van der Waals surface area contributed by atoms with Crippen LogP contribution in [0.15, 0.2) is 105 Å². The Morgan fingerprint density at radius 1 is 0.549 bits per heavy atom. The number of carbonyl (C=O) groups is 2. The Kier molecular flexibility index (Phi) is 13.7. The molecule has 0 atom stereocenters. The van der Waals surface area contributed by atoms with Gasteiger partial charge in [0.2, 0.25) is 0 Å². The molecule has 1 fully saturated rings. The van der Waals surface area contributed by atoms with E-state index in [-0.39, 0.29) is 11.6 Å². The molecule has 0 bridgehead atoms. The van der Waals surface area contributed by atoms with Crippen LogP contribution >= 0.6 is 23.5 Å². The van der Waals surface area contributed by atoms with Crippen LogP contribution < -0.4 is 9.47 Å². The molecule has 0 amide bonds. The predicted octanol–water partition coefficient (Wildman–Crippen LogP) is 11.7. The van der Waals surface area contributed by atoms with Crippen LogP contribution in [0.1, 0.15) is 110 Å². The minimum Gasteiger partial charge on any atom is -0.494 e. The average Bonchev–Trinajstić information content (AvgIpc) is 3.16. The zero-order chi connectivity index (χ0) is 35.4. The van der Waals surface area contributed by atoms with Crippen LogP contribution in [0.5, 0.6) is 11.5 Å². The molecule has 0 unspecified atom stereocenters. The molecule has 0 heterocycles. The Bertz CT molecular complexity index is 1740. The number of rotatable bonds is 18. The average molecular weight is 723 g/mol. The molecule has 2 aliphatic carbocycles. The number of unbranched alkanes of at least 4 members (excludes halogenated alkanes) is 4. The summed E-state index contributed by atoms with van der Waals surface area (Å²) in [6.07, 6.45) is 11.8. The van der Waals surface area contributed by atoms with Gasteiger partial charge < -0.3 is 14.2 Å². The molecule has 0 radical (unpaired) electrons. The molecule has 1 saturated carbocycles. The smallest absolute Gasteiger partial charge is 0.195 e. The van der Waals surface area contributed by atoms with E-state index in [1.165, 1.54) is 74.9 Å². The second-order valence-electron chi connectivity index (χ2n) is 13.7. The number of ether oxygens (including phenoxy) is 3. The summed E-state index contributed by atoms with van der Waals surface area (Å²) in [5.74, 6) is 2.74. The van der Waals surface area contributed by atoms with Crippen molar-refractivity contribution in [3.63, 3.8) is 0 Å². The molecule has 2 aliphatic rings. The fourth-order valence-electron chi connectivity index (χ4n) is 6.80. The summed E-state index contributed by atoms with van der Waals surface area (Å²) in [7, 11) is 0. The first-order valence-corrected chi connectivity index (χ1v) is 20.4. The molecule has 51 heavy (non-hydrogen) atoms. The van der Waals surface area contributed by atoms with Gasteiger partial charge in [0.1, 0.15) is 11.5 Å². The topological polar surface area (TPSA) is 61.8 Å². The van der Waals surface area contributed by atoms with Gasteiger partial charge in [0.15, 0.2) is 11.6 Å². The Morgan fingerprint density at radius 3 is 1.59 bits per heavy atom. The van der Waals surface area contributed by atoms with Crippen molar-refractivity contribution in [2.75, 3.05) is 26.4 Å². The summed E-state index contributed by atoms with van der Waals surface area (Å²) in [5, 5.41) is 0. The third-order valence-electron chi connectivity index (χ3n) is 9.81. The predicted molar refractivity (Wildman–Crippen MR) is 207 cm³/mol. The minimum absolute atomic E-state index is 0.112. The van der Waals surface area contributed by atoms with Crippen molar-refractivity contribution in [2.45, 2.75) is 97.6 Å². The zero-order valence-electron chi connectivity index (χ0n) is 30.0. The van der Waals surface area contributed by atoms with E-state index in [2.05, 4.69) is 13.8 Å². The first-order valence-electron chi connectivity index (χ1n) is 18.8. The molecule has 7 heteroatoms. The lowest BCUT2D eigenvalue weighted by Gasteiger charge is -2.28. The number of fused-ring (bicyclic) bond motifs is 2. The van der Waals surface area contributed by atoms with Gasteiger partial charge in [0.05, 0.1) is 13.2 Å². The van der Waals surface area contributed by atoms with Gasteiger partial charge in [-0.1, -0.05) is 87.3 Å². The van der Waals surface area contributed by atoms with Crippen molar-refractivity contribution in [3.8, 4) is 11.5 Å². The lowest BCUT2D eigenvalue weighted by atomic mass is 9.83. The van der Waals surface area contributed by atoms with Crippen molar-refractivity contribution < 1.29 is 23.8 Å². The van der Waals surface area contributed by atoms with Gasteiger partial charge in [0.25, 0.3) is 0 Å². The molecule has 0 aromatic heterocycles. The number of carbonyl (C=O) groups excluding carboxylic acids is 2. The highest BCUT2D eigenvalue weighted by molar-refractivity contribution is 7.99. The molecular formula is C44H50O5S2. The summed E-state index contributed by atoms with van der Waals surface area (Å²) >= 11 is 3.01. The van der Waals surface area contributed by atoms with Crippen LogP contribution in [0.2, 0.25) is 0 Å². The molecule has 0 saturated heterocycles. The first-order chi connectivity index (χ1) is 25.0. The van der Waals surface area contributed by atoms with Gasteiger partial charge in [-0.3, -0.25) is 9.59 Å². The number of hydrogen-bond donors (Lipinski definition) is 0.